The normalized spacial score (nSPS) is 10.4. The quantitative estimate of drug-likeness (QED) is 0.928. The van der Waals surface area contributed by atoms with Gasteiger partial charge in [-0.25, -0.2) is 4.98 Å². The maximum Gasteiger partial charge on any atom is 0.268 e. The SMILES string of the molecule is CCn1cc(Oc2nc[nH]c(=O)c2Br)cn1. The number of nitrogens with one attached hydrogen (secondary N) is 1. The van der Waals surface area contributed by atoms with Crippen LogP contribution in [0.5, 0.6) is 11.6 Å². The summed E-state index contributed by atoms with van der Waals surface area (Å²) in [4.78, 5) is 17.6. The van der Waals surface area contributed by atoms with Crippen molar-refractivity contribution in [3.8, 4) is 11.6 Å². The molecule has 0 aliphatic rings. The number of hydrogen-bond donors (Lipinski definition) is 1. The highest BCUT2D eigenvalue weighted by atomic mass is 79.9. The van der Waals surface area contributed by atoms with Gasteiger partial charge in [0.2, 0.25) is 5.88 Å². The predicted octanol–water partition coefficient (Wildman–Crippen LogP) is 1.54. The van der Waals surface area contributed by atoms with Crippen molar-refractivity contribution in [1.82, 2.24) is 19.7 Å². The van der Waals surface area contributed by atoms with Gasteiger partial charge >= 0.3 is 0 Å². The Morgan fingerprint density at radius 3 is 3.12 bits per heavy atom. The highest BCUT2D eigenvalue weighted by Gasteiger charge is 2.08. The van der Waals surface area contributed by atoms with Gasteiger partial charge in [-0.3, -0.25) is 9.48 Å². The van der Waals surface area contributed by atoms with Crippen molar-refractivity contribution in [2.45, 2.75) is 13.5 Å². The van der Waals surface area contributed by atoms with Gasteiger partial charge < -0.3 is 9.72 Å². The zero-order valence-electron chi connectivity index (χ0n) is 8.48. The molecule has 0 amide bonds. The van der Waals surface area contributed by atoms with Gasteiger partial charge in [0.05, 0.1) is 18.7 Å². The second-order valence-electron chi connectivity index (χ2n) is 2.98. The zero-order chi connectivity index (χ0) is 11.5. The molecule has 0 bridgehead atoms. The molecule has 0 fully saturated rings. The second-order valence-corrected chi connectivity index (χ2v) is 3.78. The third-order valence-electron chi connectivity index (χ3n) is 1.91. The van der Waals surface area contributed by atoms with Crippen LogP contribution in [-0.4, -0.2) is 19.7 Å². The molecule has 0 unspecified atom stereocenters. The molecule has 2 aromatic heterocycles. The van der Waals surface area contributed by atoms with Gasteiger partial charge in [0, 0.05) is 6.54 Å². The topological polar surface area (TPSA) is 72.8 Å². The number of rotatable bonds is 3. The summed E-state index contributed by atoms with van der Waals surface area (Å²) in [6, 6.07) is 0. The van der Waals surface area contributed by atoms with E-state index in [1.165, 1.54) is 6.33 Å². The minimum absolute atomic E-state index is 0.222. The molecule has 2 aromatic rings. The van der Waals surface area contributed by atoms with Gasteiger partial charge in [-0.05, 0) is 22.9 Å². The summed E-state index contributed by atoms with van der Waals surface area (Å²) in [5, 5.41) is 4.05. The van der Waals surface area contributed by atoms with Crippen molar-refractivity contribution >= 4 is 15.9 Å². The first-order chi connectivity index (χ1) is 7.70. The van der Waals surface area contributed by atoms with Crippen LogP contribution < -0.4 is 10.3 Å². The lowest BCUT2D eigenvalue weighted by molar-refractivity contribution is 0.456. The summed E-state index contributed by atoms with van der Waals surface area (Å²) < 4.78 is 7.39. The van der Waals surface area contributed by atoms with Gasteiger partial charge in [0.25, 0.3) is 5.56 Å². The van der Waals surface area contributed by atoms with E-state index in [1.807, 2.05) is 6.92 Å². The molecule has 6 nitrogen and oxygen atoms in total. The van der Waals surface area contributed by atoms with Crippen molar-refractivity contribution in [3.63, 3.8) is 0 Å². The fraction of sp³-hybridized carbons (Fsp3) is 0.222. The Kier molecular flexibility index (Phi) is 3.04. The largest absolute Gasteiger partial charge is 0.434 e. The first kappa shape index (κ1) is 10.9. The molecule has 0 saturated heterocycles. The van der Waals surface area contributed by atoms with E-state index >= 15 is 0 Å². The first-order valence-corrected chi connectivity index (χ1v) is 5.43. The zero-order valence-corrected chi connectivity index (χ0v) is 10.1. The van der Waals surface area contributed by atoms with Crippen molar-refractivity contribution in [1.29, 1.82) is 0 Å². The van der Waals surface area contributed by atoms with Crippen molar-refractivity contribution < 1.29 is 4.74 Å². The third-order valence-corrected chi connectivity index (χ3v) is 2.61. The van der Waals surface area contributed by atoms with E-state index in [0.29, 0.717) is 5.75 Å². The molecule has 0 aliphatic carbocycles. The molecule has 2 rings (SSSR count). The maximum absolute atomic E-state index is 11.2. The second kappa shape index (κ2) is 4.48. The molecule has 0 aromatic carbocycles. The lowest BCUT2D eigenvalue weighted by Gasteiger charge is -2.01. The lowest BCUT2D eigenvalue weighted by atomic mass is 10.6. The molecule has 1 N–H and O–H groups in total. The Labute approximate surface area is 99.4 Å². The lowest BCUT2D eigenvalue weighted by Crippen LogP contribution is -2.08. The standard InChI is InChI=1S/C9H9BrN4O2/c1-2-14-4-6(3-13-14)16-9-7(10)8(15)11-5-12-9/h3-5H,2H2,1H3,(H,11,12,15). The van der Waals surface area contributed by atoms with Crippen molar-refractivity contribution in [2.24, 2.45) is 0 Å². The molecule has 84 valence electrons. The fourth-order valence-corrected chi connectivity index (χ4v) is 1.42. The summed E-state index contributed by atoms with van der Waals surface area (Å²) in [7, 11) is 0. The van der Waals surface area contributed by atoms with Crippen LogP contribution in [0.1, 0.15) is 6.92 Å². The van der Waals surface area contributed by atoms with E-state index in [-0.39, 0.29) is 15.9 Å². The molecular formula is C9H9BrN4O2. The smallest absolute Gasteiger partial charge is 0.268 e. The van der Waals surface area contributed by atoms with Crippen LogP contribution in [0.2, 0.25) is 0 Å². The van der Waals surface area contributed by atoms with Gasteiger partial charge in [0.1, 0.15) is 4.47 Å². The van der Waals surface area contributed by atoms with E-state index in [9.17, 15) is 4.79 Å². The number of halogens is 1. The van der Waals surface area contributed by atoms with Gasteiger partial charge in [-0.1, -0.05) is 0 Å². The molecule has 0 radical (unpaired) electrons. The third kappa shape index (κ3) is 2.13. The Bertz CT molecular complexity index is 548. The van der Waals surface area contributed by atoms with Crippen molar-refractivity contribution in [2.75, 3.05) is 0 Å². The molecule has 0 aliphatic heterocycles. The van der Waals surface area contributed by atoms with E-state index < -0.39 is 0 Å². The number of hydrogen-bond acceptors (Lipinski definition) is 4. The fourth-order valence-electron chi connectivity index (χ4n) is 1.12. The summed E-state index contributed by atoms with van der Waals surface area (Å²) in [5.74, 6) is 0.764. The average molecular weight is 285 g/mol. The molecule has 2 heterocycles. The minimum Gasteiger partial charge on any atom is -0.434 e. The molecular weight excluding hydrogens is 276 g/mol. The molecule has 16 heavy (non-hydrogen) atoms. The molecule has 0 saturated carbocycles. The number of aromatic nitrogens is 4. The monoisotopic (exact) mass is 284 g/mol. The summed E-state index contributed by atoms with van der Waals surface area (Å²) in [5.41, 5.74) is -0.284. The highest BCUT2D eigenvalue weighted by molar-refractivity contribution is 9.10. The van der Waals surface area contributed by atoms with Crippen molar-refractivity contribution in [3.05, 3.63) is 33.5 Å². The van der Waals surface area contributed by atoms with E-state index in [4.69, 9.17) is 4.74 Å². The van der Waals surface area contributed by atoms with Crippen LogP contribution in [0.15, 0.2) is 28.0 Å². The predicted molar refractivity (Wildman–Crippen MR) is 60.5 cm³/mol. The van der Waals surface area contributed by atoms with Gasteiger partial charge in [0.15, 0.2) is 5.75 Å². The Morgan fingerprint density at radius 2 is 2.44 bits per heavy atom. The Balaban J connectivity index is 2.27. The summed E-state index contributed by atoms with van der Waals surface area (Å²) in [6.07, 6.45) is 4.58. The molecule has 0 atom stereocenters. The van der Waals surface area contributed by atoms with Crippen LogP contribution in [0.3, 0.4) is 0 Å². The Hall–Kier alpha value is -1.63. The highest BCUT2D eigenvalue weighted by Crippen LogP contribution is 2.23. The van der Waals surface area contributed by atoms with Crippen LogP contribution in [0.4, 0.5) is 0 Å². The van der Waals surface area contributed by atoms with E-state index in [1.54, 1.807) is 17.1 Å². The van der Waals surface area contributed by atoms with Crippen LogP contribution in [0.25, 0.3) is 0 Å². The van der Waals surface area contributed by atoms with Crippen LogP contribution in [0, 0.1) is 0 Å². The minimum atomic E-state index is -0.284. The maximum atomic E-state index is 11.2. The van der Waals surface area contributed by atoms with E-state index in [0.717, 1.165) is 6.54 Å². The number of ether oxygens (including phenoxy) is 1. The van der Waals surface area contributed by atoms with Crippen LogP contribution >= 0.6 is 15.9 Å². The number of nitrogens with zero attached hydrogens (tertiary/aromatic N) is 3. The molecule has 0 spiro atoms. The summed E-state index contributed by atoms with van der Waals surface area (Å²) >= 11 is 3.10. The van der Waals surface area contributed by atoms with E-state index in [2.05, 4.69) is 31.0 Å². The van der Waals surface area contributed by atoms with Crippen LogP contribution in [-0.2, 0) is 6.54 Å². The molecule has 7 heteroatoms. The van der Waals surface area contributed by atoms with Gasteiger partial charge in [-0.15, -0.1) is 0 Å². The number of aromatic amines is 1. The Morgan fingerprint density at radius 1 is 1.62 bits per heavy atom. The summed E-state index contributed by atoms with van der Waals surface area (Å²) in [6.45, 7) is 2.73. The number of H-pyrrole nitrogens is 1. The number of aryl methyl sites for hydroxylation is 1. The average Bonchev–Trinajstić information content (AvgIpc) is 2.73. The van der Waals surface area contributed by atoms with Gasteiger partial charge in [-0.2, -0.15) is 5.10 Å². The first-order valence-electron chi connectivity index (χ1n) is 4.64.